The maximum atomic E-state index is 12.2. The molecule has 3 N–H and O–H groups in total. The minimum absolute atomic E-state index is 0.111. The van der Waals surface area contributed by atoms with Gasteiger partial charge in [-0.2, -0.15) is 0 Å². The standard InChI is InChI=1S/C16H28N2O/c1-2-14(17)10-18-15(19)9-16-6-11-3-12(7-16)5-13(4-11)8-16/h11-14H,2-10,17H2,1H3,(H,18,19). The van der Waals surface area contributed by atoms with Gasteiger partial charge in [0.1, 0.15) is 0 Å². The Hall–Kier alpha value is -0.570. The highest BCUT2D eigenvalue weighted by Gasteiger charge is 2.51. The average Bonchev–Trinajstić information content (AvgIpc) is 2.33. The first-order valence-electron chi connectivity index (χ1n) is 8.11. The first-order valence-corrected chi connectivity index (χ1v) is 8.11. The molecule has 1 atom stereocenters. The van der Waals surface area contributed by atoms with Gasteiger partial charge in [0.05, 0.1) is 0 Å². The lowest BCUT2D eigenvalue weighted by atomic mass is 9.49. The van der Waals surface area contributed by atoms with Crippen LogP contribution in [0.4, 0.5) is 0 Å². The van der Waals surface area contributed by atoms with Crippen LogP contribution in [0.5, 0.6) is 0 Å². The quantitative estimate of drug-likeness (QED) is 0.801. The number of nitrogens with two attached hydrogens (primary N) is 1. The second-order valence-electron chi connectivity index (χ2n) is 7.57. The van der Waals surface area contributed by atoms with E-state index in [1.807, 2.05) is 0 Å². The zero-order chi connectivity index (χ0) is 13.5. The van der Waals surface area contributed by atoms with E-state index >= 15 is 0 Å². The van der Waals surface area contributed by atoms with Crippen LogP contribution in [-0.4, -0.2) is 18.5 Å². The van der Waals surface area contributed by atoms with Gasteiger partial charge in [-0.1, -0.05) is 6.92 Å². The highest BCUT2D eigenvalue weighted by atomic mass is 16.1. The summed E-state index contributed by atoms with van der Waals surface area (Å²) in [5.74, 6) is 3.02. The van der Waals surface area contributed by atoms with Crippen LogP contribution in [0.15, 0.2) is 0 Å². The second-order valence-corrected chi connectivity index (χ2v) is 7.57. The molecule has 3 nitrogen and oxygen atoms in total. The van der Waals surface area contributed by atoms with E-state index in [4.69, 9.17) is 5.73 Å². The summed E-state index contributed by atoms with van der Waals surface area (Å²) in [7, 11) is 0. The molecule has 0 radical (unpaired) electrons. The molecular formula is C16H28N2O. The summed E-state index contributed by atoms with van der Waals surface area (Å²) in [4.78, 5) is 12.2. The van der Waals surface area contributed by atoms with Crippen molar-refractivity contribution in [1.29, 1.82) is 0 Å². The van der Waals surface area contributed by atoms with Crippen molar-refractivity contribution in [2.24, 2.45) is 28.9 Å². The molecule has 0 aromatic carbocycles. The first kappa shape index (κ1) is 13.4. The van der Waals surface area contributed by atoms with Crippen molar-refractivity contribution in [3.05, 3.63) is 0 Å². The van der Waals surface area contributed by atoms with Crippen LogP contribution >= 0.6 is 0 Å². The lowest BCUT2D eigenvalue weighted by molar-refractivity contribution is -0.129. The number of amides is 1. The lowest BCUT2D eigenvalue weighted by Gasteiger charge is -2.56. The molecule has 1 amide bonds. The van der Waals surface area contributed by atoms with Gasteiger partial charge in [-0.15, -0.1) is 0 Å². The van der Waals surface area contributed by atoms with Gasteiger partial charge in [0.25, 0.3) is 0 Å². The molecule has 4 fully saturated rings. The van der Waals surface area contributed by atoms with Crippen molar-refractivity contribution in [2.45, 2.75) is 64.3 Å². The summed E-state index contributed by atoms with van der Waals surface area (Å²) in [6.45, 7) is 2.71. The summed E-state index contributed by atoms with van der Waals surface area (Å²) in [5.41, 5.74) is 6.22. The molecule has 0 aromatic heterocycles. The molecule has 3 heteroatoms. The lowest BCUT2D eigenvalue weighted by Crippen LogP contribution is -2.48. The van der Waals surface area contributed by atoms with Crippen molar-refractivity contribution in [1.82, 2.24) is 5.32 Å². The number of carbonyl (C=O) groups is 1. The number of rotatable bonds is 5. The van der Waals surface area contributed by atoms with E-state index in [0.29, 0.717) is 12.0 Å². The molecule has 0 spiro atoms. The highest BCUT2D eigenvalue weighted by Crippen LogP contribution is 2.61. The van der Waals surface area contributed by atoms with Gasteiger partial charge in [0.2, 0.25) is 5.91 Å². The van der Waals surface area contributed by atoms with E-state index in [-0.39, 0.29) is 11.9 Å². The number of nitrogens with one attached hydrogen (secondary N) is 1. The third-order valence-corrected chi connectivity index (χ3v) is 5.79. The molecule has 0 aliphatic heterocycles. The molecule has 4 aliphatic rings. The summed E-state index contributed by atoms with van der Waals surface area (Å²) in [6.07, 6.45) is 9.96. The zero-order valence-corrected chi connectivity index (χ0v) is 12.2. The Morgan fingerprint density at radius 1 is 1.21 bits per heavy atom. The predicted octanol–water partition coefficient (Wildman–Crippen LogP) is 2.45. The maximum absolute atomic E-state index is 12.2. The molecule has 0 aromatic rings. The van der Waals surface area contributed by atoms with E-state index in [1.165, 1.54) is 38.5 Å². The molecule has 4 saturated carbocycles. The average molecular weight is 264 g/mol. The minimum atomic E-state index is 0.111. The fraction of sp³-hybridized carbons (Fsp3) is 0.938. The topological polar surface area (TPSA) is 55.1 Å². The van der Waals surface area contributed by atoms with Crippen molar-refractivity contribution in [3.8, 4) is 0 Å². The largest absolute Gasteiger partial charge is 0.355 e. The molecule has 1 unspecified atom stereocenters. The van der Waals surface area contributed by atoms with Crippen molar-refractivity contribution < 1.29 is 4.79 Å². The fourth-order valence-corrected chi connectivity index (χ4v) is 5.30. The van der Waals surface area contributed by atoms with Gasteiger partial charge in [-0.05, 0) is 68.1 Å². The van der Waals surface area contributed by atoms with Crippen molar-refractivity contribution in [2.75, 3.05) is 6.54 Å². The van der Waals surface area contributed by atoms with Gasteiger partial charge in [-0.25, -0.2) is 0 Å². The maximum Gasteiger partial charge on any atom is 0.220 e. The Balaban J connectivity index is 1.56. The highest BCUT2D eigenvalue weighted by molar-refractivity contribution is 5.76. The van der Waals surface area contributed by atoms with Crippen LogP contribution in [0.2, 0.25) is 0 Å². The van der Waals surface area contributed by atoms with Gasteiger partial charge < -0.3 is 11.1 Å². The Morgan fingerprint density at radius 2 is 1.74 bits per heavy atom. The smallest absolute Gasteiger partial charge is 0.220 e. The third-order valence-electron chi connectivity index (χ3n) is 5.79. The summed E-state index contributed by atoms with van der Waals surface area (Å²) >= 11 is 0. The van der Waals surface area contributed by atoms with E-state index in [2.05, 4.69) is 12.2 Å². The van der Waals surface area contributed by atoms with E-state index in [9.17, 15) is 4.79 Å². The third kappa shape index (κ3) is 2.81. The molecule has 0 saturated heterocycles. The molecule has 4 aliphatic carbocycles. The van der Waals surface area contributed by atoms with E-state index in [0.717, 1.165) is 30.6 Å². The van der Waals surface area contributed by atoms with Gasteiger partial charge in [-0.3, -0.25) is 4.79 Å². The summed E-state index contributed by atoms with van der Waals surface area (Å²) in [5, 5.41) is 3.04. The van der Waals surface area contributed by atoms with E-state index < -0.39 is 0 Å². The van der Waals surface area contributed by atoms with Gasteiger partial charge in [0.15, 0.2) is 0 Å². The second kappa shape index (κ2) is 5.08. The Labute approximate surface area is 116 Å². The first-order chi connectivity index (χ1) is 9.08. The molecule has 108 valence electrons. The number of carbonyl (C=O) groups excluding carboxylic acids is 1. The number of hydrogen-bond acceptors (Lipinski definition) is 2. The Kier molecular flexibility index (Phi) is 3.59. The van der Waals surface area contributed by atoms with Crippen LogP contribution in [0.25, 0.3) is 0 Å². The molecule has 0 heterocycles. The SMILES string of the molecule is CCC(N)CNC(=O)CC12CC3CC(CC(C3)C1)C2. The minimum Gasteiger partial charge on any atom is -0.355 e. The molecule has 19 heavy (non-hydrogen) atoms. The fourth-order valence-electron chi connectivity index (χ4n) is 5.30. The monoisotopic (exact) mass is 264 g/mol. The van der Waals surface area contributed by atoms with Crippen LogP contribution in [0.3, 0.4) is 0 Å². The van der Waals surface area contributed by atoms with Gasteiger partial charge in [0, 0.05) is 19.0 Å². The van der Waals surface area contributed by atoms with Crippen LogP contribution in [0, 0.1) is 23.2 Å². The normalized spacial score (nSPS) is 41.3. The molecule has 4 rings (SSSR count). The van der Waals surface area contributed by atoms with Crippen molar-refractivity contribution >= 4 is 5.91 Å². The summed E-state index contributed by atoms with van der Waals surface area (Å²) < 4.78 is 0. The van der Waals surface area contributed by atoms with E-state index in [1.54, 1.807) is 0 Å². The molecule has 4 bridgehead atoms. The zero-order valence-electron chi connectivity index (χ0n) is 12.2. The molecular weight excluding hydrogens is 236 g/mol. The van der Waals surface area contributed by atoms with Crippen molar-refractivity contribution in [3.63, 3.8) is 0 Å². The van der Waals surface area contributed by atoms with Crippen LogP contribution in [-0.2, 0) is 4.79 Å². The predicted molar refractivity (Wildman–Crippen MR) is 76.5 cm³/mol. The van der Waals surface area contributed by atoms with Crippen LogP contribution in [0.1, 0.15) is 58.3 Å². The number of hydrogen-bond donors (Lipinski definition) is 2. The Morgan fingerprint density at radius 3 is 2.21 bits per heavy atom. The van der Waals surface area contributed by atoms with Crippen LogP contribution < -0.4 is 11.1 Å². The summed E-state index contributed by atoms with van der Waals surface area (Å²) in [6, 6.07) is 0.111. The Bertz CT molecular complexity index is 317. The van der Waals surface area contributed by atoms with Gasteiger partial charge >= 0.3 is 0 Å².